The first kappa shape index (κ1) is 13.3. The highest BCUT2D eigenvalue weighted by Crippen LogP contribution is 2.36. The third-order valence-corrected chi connectivity index (χ3v) is 4.00. The van der Waals surface area contributed by atoms with E-state index in [-0.39, 0.29) is 6.79 Å². The summed E-state index contributed by atoms with van der Waals surface area (Å²) < 4.78 is 13.4. The van der Waals surface area contributed by atoms with E-state index >= 15 is 0 Å². The van der Waals surface area contributed by atoms with Gasteiger partial charge in [0.2, 0.25) is 6.79 Å². The van der Waals surface area contributed by atoms with Crippen LogP contribution in [0.25, 0.3) is 22.5 Å². The molecule has 0 radical (unpaired) electrons. The van der Waals surface area contributed by atoms with E-state index in [4.69, 9.17) is 9.47 Å². The van der Waals surface area contributed by atoms with Crippen molar-refractivity contribution in [1.82, 2.24) is 14.8 Å². The van der Waals surface area contributed by atoms with Crippen LogP contribution >= 0.6 is 15.9 Å². The van der Waals surface area contributed by atoms with Crippen LogP contribution in [0, 0.1) is 0 Å². The Kier molecular flexibility index (Phi) is 3.11. The lowest BCUT2D eigenvalue weighted by atomic mass is 10.1. The molecule has 4 rings (SSSR count). The number of aryl methyl sites for hydroxylation is 1. The Morgan fingerprint density at radius 1 is 1.05 bits per heavy atom. The number of aromatic nitrogens is 3. The lowest BCUT2D eigenvalue weighted by Gasteiger charge is -2.01. The van der Waals surface area contributed by atoms with Gasteiger partial charge in [-0.3, -0.25) is 4.68 Å². The molecule has 6 heteroatoms. The molecule has 0 saturated heterocycles. The molecule has 0 atom stereocenters. The van der Waals surface area contributed by atoms with Gasteiger partial charge in [0, 0.05) is 24.4 Å². The van der Waals surface area contributed by atoms with Crippen molar-refractivity contribution >= 4 is 15.9 Å². The van der Waals surface area contributed by atoms with E-state index in [1.807, 2.05) is 42.1 Å². The van der Waals surface area contributed by atoms with Gasteiger partial charge in [0.1, 0.15) is 4.60 Å². The standard InChI is InChI=1S/C16H12BrN3O2/c1-20-13(11-4-5-18-16(17)7-11)8-12(19-20)10-2-3-14-15(6-10)22-9-21-14/h2-8H,9H2,1H3. The van der Waals surface area contributed by atoms with Gasteiger partial charge in [0.25, 0.3) is 0 Å². The van der Waals surface area contributed by atoms with Gasteiger partial charge < -0.3 is 9.47 Å². The molecule has 3 aromatic rings. The summed E-state index contributed by atoms with van der Waals surface area (Å²) in [6, 6.07) is 11.8. The van der Waals surface area contributed by atoms with Gasteiger partial charge in [0.05, 0.1) is 11.4 Å². The first-order chi connectivity index (χ1) is 10.7. The number of rotatable bonds is 2. The Morgan fingerprint density at radius 2 is 1.91 bits per heavy atom. The van der Waals surface area contributed by atoms with Crippen molar-refractivity contribution in [2.24, 2.45) is 7.05 Å². The predicted octanol–water partition coefficient (Wildman–Crippen LogP) is 3.64. The van der Waals surface area contributed by atoms with Gasteiger partial charge in [-0.25, -0.2) is 4.98 Å². The van der Waals surface area contributed by atoms with E-state index < -0.39 is 0 Å². The van der Waals surface area contributed by atoms with E-state index in [1.165, 1.54) is 0 Å². The minimum atomic E-state index is 0.275. The van der Waals surface area contributed by atoms with Crippen LogP contribution in [0.3, 0.4) is 0 Å². The molecule has 110 valence electrons. The molecule has 0 spiro atoms. The number of ether oxygens (including phenoxy) is 2. The molecular weight excluding hydrogens is 346 g/mol. The summed E-state index contributed by atoms with van der Waals surface area (Å²) in [7, 11) is 1.93. The number of halogens is 1. The van der Waals surface area contributed by atoms with Gasteiger partial charge in [0.15, 0.2) is 11.5 Å². The zero-order chi connectivity index (χ0) is 15.1. The maximum Gasteiger partial charge on any atom is 0.231 e. The molecule has 0 N–H and O–H groups in total. The quantitative estimate of drug-likeness (QED) is 0.657. The molecular formula is C16H12BrN3O2. The zero-order valence-corrected chi connectivity index (χ0v) is 13.4. The van der Waals surface area contributed by atoms with Crippen LogP contribution in [0.5, 0.6) is 11.5 Å². The lowest BCUT2D eigenvalue weighted by Crippen LogP contribution is -1.94. The molecule has 0 amide bonds. The Hall–Kier alpha value is -2.34. The van der Waals surface area contributed by atoms with Crippen LogP contribution in [0.15, 0.2) is 47.2 Å². The molecule has 0 unspecified atom stereocenters. The molecule has 5 nitrogen and oxygen atoms in total. The van der Waals surface area contributed by atoms with E-state index in [0.29, 0.717) is 0 Å². The molecule has 1 aromatic carbocycles. The Morgan fingerprint density at radius 3 is 2.77 bits per heavy atom. The topological polar surface area (TPSA) is 49.2 Å². The monoisotopic (exact) mass is 357 g/mol. The van der Waals surface area contributed by atoms with Gasteiger partial charge in [-0.05, 0) is 52.3 Å². The van der Waals surface area contributed by atoms with Gasteiger partial charge in [-0.15, -0.1) is 0 Å². The number of benzene rings is 1. The Bertz CT molecular complexity index is 860. The predicted molar refractivity (Wildman–Crippen MR) is 85.7 cm³/mol. The van der Waals surface area contributed by atoms with Crippen LogP contribution in [0.1, 0.15) is 0 Å². The molecule has 22 heavy (non-hydrogen) atoms. The summed E-state index contributed by atoms with van der Waals surface area (Å²) in [6.07, 6.45) is 1.77. The van der Waals surface area contributed by atoms with Crippen molar-refractivity contribution in [3.8, 4) is 34.0 Å². The summed E-state index contributed by atoms with van der Waals surface area (Å²) in [4.78, 5) is 4.16. The second kappa shape index (κ2) is 5.14. The minimum Gasteiger partial charge on any atom is -0.454 e. The highest BCUT2D eigenvalue weighted by atomic mass is 79.9. The summed E-state index contributed by atoms with van der Waals surface area (Å²) in [5.74, 6) is 1.54. The van der Waals surface area contributed by atoms with Crippen molar-refractivity contribution in [3.63, 3.8) is 0 Å². The summed E-state index contributed by atoms with van der Waals surface area (Å²) in [5.41, 5.74) is 3.97. The van der Waals surface area contributed by atoms with Gasteiger partial charge in [-0.1, -0.05) is 0 Å². The van der Waals surface area contributed by atoms with Crippen molar-refractivity contribution < 1.29 is 9.47 Å². The minimum absolute atomic E-state index is 0.275. The average molecular weight is 358 g/mol. The normalized spacial score (nSPS) is 12.6. The smallest absolute Gasteiger partial charge is 0.231 e. The summed E-state index contributed by atoms with van der Waals surface area (Å²) >= 11 is 3.40. The van der Waals surface area contributed by atoms with Crippen molar-refractivity contribution in [1.29, 1.82) is 0 Å². The van der Waals surface area contributed by atoms with E-state index in [9.17, 15) is 0 Å². The average Bonchev–Trinajstić information content (AvgIpc) is 3.12. The Balaban J connectivity index is 1.77. The fraction of sp³-hybridized carbons (Fsp3) is 0.125. The Labute approximate surface area is 135 Å². The van der Waals surface area contributed by atoms with E-state index in [0.717, 1.165) is 38.6 Å². The second-order valence-corrected chi connectivity index (χ2v) is 5.79. The van der Waals surface area contributed by atoms with Gasteiger partial charge in [-0.2, -0.15) is 5.10 Å². The number of pyridine rings is 1. The maximum absolute atomic E-state index is 5.43. The molecule has 1 aliphatic rings. The lowest BCUT2D eigenvalue weighted by molar-refractivity contribution is 0.174. The third kappa shape index (κ3) is 2.25. The number of hydrogen-bond acceptors (Lipinski definition) is 4. The maximum atomic E-state index is 5.43. The largest absolute Gasteiger partial charge is 0.454 e. The van der Waals surface area contributed by atoms with Crippen LogP contribution in [0.2, 0.25) is 0 Å². The number of fused-ring (bicyclic) bond motifs is 1. The zero-order valence-electron chi connectivity index (χ0n) is 11.8. The first-order valence-electron chi connectivity index (χ1n) is 6.77. The molecule has 0 fully saturated rings. The SMILES string of the molecule is Cn1nc(-c2ccc3c(c2)OCO3)cc1-c1ccnc(Br)c1. The van der Waals surface area contributed by atoms with Crippen LogP contribution in [-0.4, -0.2) is 21.6 Å². The highest BCUT2D eigenvalue weighted by molar-refractivity contribution is 9.10. The van der Waals surface area contributed by atoms with Crippen LogP contribution < -0.4 is 9.47 Å². The number of hydrogen-bond donors (Lipinski definition) is 0. The van der Waals surface area contributed by atoms with E-state index in [2.05, 4.69) is 32.1 Å². The second-order valence-electron chi connectivity index (χ2n) is 4.97. The van der Waals surface area contributed by atoms with Crippen molar-refractivity contribution in [2.75, 3.05) is 6.79 Å². The summed E-state index contributed by atoms with van der Waals surface area (Å²) in [6.45, 7) is 0.275. The first-order valence-corrected chi connectivity index (χ1v) is 7.56. The molecule has 1 aliphatic heterocycles. The van der Waals surface area contributed by atoms with Crippen molar-refractivity contribution in [3.05, 3.63) is 47.2 Å². The van der Waals surface area contributed by atoms with Crippen LogP contribution in [-0.2, 0) is 7.05 Å². The molecule has 2 aromatic heterocycles. The van der Waals surface area contributed by atoms with Crippen LogP contribution in [0.4, 0.5) is 0 Å². The third-order valence-electron chi connectivity index (χ3n) is 3.57. The van der Waals surface area contributed by atoms with Gasteiger partial charge >= 0.3 is 0 Å². The fourth-order valence-electron chi connectivity index (χ4n) is 2.50. The van der Waals surface area contributed by atoms with Crippen molar-refractivity contribution in [2.45, 2.75) is 0 Å². The summed E-state index contributed by atoms with van der Waals surface area (Å²) in [5, 5.41) is 4.60. The highest BCUT2D eigenvalue weighted by Gasteiger charge is 2.16. The molecule has 0 bridgehead atoms. The fourth-order valence-corrected chi connectivity index (χ4v) is 2.86. The molecule has 0 aliphatic carbocycles. The number of nitrogens with zero attached hydrogens (tertiary/aromatic N) is 3. The molecule has 0 saturated carbocycles. The van der Waals surface area contributed by atoms with E-state index in [1.54, 1.807) is 6.20 Å². The molecule has 3 heterocycles.